The standard InChI is InChI=1S/C17H23NO/c1-12(2)16-9-4-13(3)10-17(16)19-15-7-5-14(11-18)6-8-15/h5-8,12-13,16-17H,4,9-10H2,1-3H3/t13-,16+,17-/m1/s1. The average Bonchev–Trinajstić information content (AvgIpc) is 2.39. The van der Waals surface area contributed by atoms with E-state index in [4.69, 9.17) is 10.00 Å². The lowest BCUT2D eigenvalue weighted by molar-refractivity contribution is 0.0460. The van der Waals surface area contributed by atoms with Gasteiger partial charge < -0.3 is 4.74 Å². The minimum Gasteiger partial charge on any atom is -0.490 e. The van der Waals surface area contributed by atoms with Gasteiger partial charge in [0.1, 0.15) is 11.9 Å². The van der Waals surface area contributed by atoms with Crippen molar-refractivity contribution >= 4 is 0 Å². The van der Waals surface area contributed by atoms with Crippen molar-refractivity contribution in [2.75, 3.05) is 0 Å². The van der Waals surface area contributed by atoms with Crippen LogP contribution in [0.15, 0.2) is 24.3 Å². The average molecular weight is 257 g/mol. The van der Waals surface area contributed by atoms with Crippen molar-refractivity contribution in [2.24, 2.45) is 17.8 Å². The molecule has 2 nitrogen and oxygen atoms in total. The van der Waals surface area contributed by atoms with Gasteiger partial charge in [0.2, 0.25) is 0 Å². The van der Waals surface area contributed by atoms with Crippen molar-refractivity contribution < 1.29 is 4.74 Å². The Labute approximate surface area is 116 Å². The molecule has 1 fully saturated rings. The highest BCUT2D eigenvalue weighted by Crippen LogP contribution is 2.35. The molecule has 1 aliphatic carbocycles. The van der Waals surface area contributed by atoms with E-state index in [1.165, 1.54) is 12.8 Å². The van der Waals surface area contributed by atoms with Gasteiger partial charge in [-0.3, -0.25) is 0 Å². The zero-order chi connectivity index (χ0) is 13.8. The normalized spacial score (nSPS) is 27.0. The molecule has 0 saturated heterocycles. The van der Waals surface area contributed by atoms with E-state index in [1.54, 1.807) is 0 Å². The molecule has 1 aliphatic rings. The third kappa shape index (κ3) is 3.50. The highest BCUT2D eigenvalue weighted by Gasteiger charge is 2.32. The molecule has 1 aromatic carbocycles. The summed E-state index contributed by atoms with van der Waals surface area (Å²) in [5.74, 6) is 2.95. The van der Waals surface area contributed by atoms with E-state index in [-0.39, 0.29) is 0 Å². The zero-order valence-electron chi connectivity index (χ0n) is 12.1. The Balaban J connectivity index is 2.07. The van der Waals surface area contributed by atoms with Crippen molar-refractivity contribution in [1.29, 1.82) is 5.26 Å². The molecule has 2 heteroatoms. The number of nitrogens with zero attached hydrogens (tertiary/aromatic N) is 1. The molecule has 0 heterocycles. The van der Waals surface area contributed by atoms with Gasteiger partial charge in [0.05, 0.1) is 11.6 Å². The molecule has 0 bridgehead atoms. The topological polar surface area (TPSA) is 33.0 Å². The first kappa shape index (κ1) is 13.9. The number of benzene rings is 1. The van der Waals surface area contributed by atoms with E-state index in [2.05, 4.69) is 26.8 Å². The fraction of sp³-hybridized carbons (Fsp3) is 0.588. The predicted molar refractivity (Wildman–Crippen MR) is 76.9 cm³/mol. The van der Waals surface area contributed by atoms with Gasteiger partial charge >= 0.3 is 0 Å². The molecule has 102 valence electrons. The first-order valence-electron chi connectivity index (χ1n) is 7.27. The number of hydrogen-bond donors (Lipinski definition) is 0. The molecule has 19 heavy (non-hydrogen) atoms. The van der Waals surface area contributed by atoms with Crippen LogP contribution in [0.3, 0.4) is 0 Å². The van der Waals surface area contributed by atoms with E-state index >= 15 is 0 Å². The molecule has 2 rings (SSSR count). The predicted octanol–water partition coefficient (Wildman–Crippen LogP) is 4.40. The lowest BCUT2D eigenvalue weighted by Gasteiger charge is -2.37. The van der Waals surface area contributed by atoms with Gasteiger partial charge in [-0.15, -0.1) is 0 Å². The third-order valence-corrected chi connectivity index (χ3v) is 4.23. The second kappa shape index (κ2) is 6.10. The van der Waals surface area contributed by atoms with E-state index in [9.17, 15) is 0 Å². The van der Waals surface area contributed by atoms with Gasteiger partial charge in [0.15, 0.2) is 0 Å². The highest BCUT2D eigenvalue weighted by molar-refractivity contribution is 5.34. The molecule has 1 saturated carbocycles. The third-order valence-electron chi connectivity index (χ3n) is 4.23. The van der Waals surface area contributed by atoms with Crippen LogP contribution in [0.5, 0.6) is 5.75 Å². The summed E-state index contributed by atoms with van der Waals surface area (Å²) in [7, 11) is 0. The monoisotopic (exact) mass is 257 g/mol. The molecular formula is C17H23NO. The minimum absolute atomic E-state index is 0.316. The summed E-state index contributed by atoms with van der Waals surface area (Å²) in [5, 5.41) is 8.81. The van der Waals surface area contributed by atoms with Gasteiger partial charge in [-0.2, -0.15) is 5.26 Å². The molecule has 0 N–H and O–H groups in total. The molecule has 0 spiro atoms. The second-order valence-electron chi connectivity index (χ2n) is 6.12. The fourth-order valence-electron chi connectivity index (χ4n) is 3.03. The first-order chi connectivity index (χ1) is 9.10. The van der Waals surface area contributed by atoms with Crippen molar-refractivity contribution in [1.82, 2.24) is 0 Å². The minimum atomic E-state index is 0.316. The van der Waals surface area contributed by atoms with Crippen molar-refractivity contribution in [3.05, 3.63) is 29.8 Å². The summed E-state index contributed by atoms with van der Waals surface area (Å²) in [6.07, 6.45) is 4.04. The van der Waals surface area contributed by atoms with Crippen LogP contribution in [0.4, 0.5) is 0 Å². The second-order valence-corrected chi connectivity index (χ2v) is 6.12. The molecule has 0 amide bonds. The van der Waals surface area contributed by atoms with Crippen LogP contribution in [-0.2, 0) is 0 Å². The number of ether oxygens (including phenoxy) is 1. The van der Waals surface area contributed by atoms with Crippen LogP contribution in [-0.4, -0.2) is 6.10 Å². The Hall–Kier alpha value is -1.49. The number of rotatable bonds is 3. The Morgan fingerprint density at radius 3 is 2.47 bits per heavy atom. The van der Waals surface area contributed by atoms with E-state index in [0.29, 0.717) is 23.5 Å². The summed E-state index contributed by atoms with van der Waals surface area (Å²) < 4.78 is 6.19. The summed E-state index contributed by atoms with van der Waals surface area (Å²) in [6, 6.07) is 9.61. The molecule has 3 atom stereocenters. The van der Waals surface area contributed by atoms with Crippen LogP contribution in [0.2, 0.25) is 0 Å². The quantitative estimate of drug-likeness (QED) is 0.804. The first-order valence-corrected chi connectivity index (χ1v) is 7.27. The molecule has 0 unspecified atom stereocenters. The Bertz CT molecular complexity index is 443. The van der Waals surface area contributed by atoms with Crippen molar-refractivity contribution in [2.45, 2.75) is 46.1 Å². The van der Waals surface area contributed by atoms with E-state index in [1.807, 2.05) is 24.3 Å². The van der Waals surface area contributed by atoms with Gasteiger partial charge in [0, 0.05) is 0 Å². The highest BCUT2D eigenvalue weighted by atomic mass is 16.5. The maximum atomic E-state index is 8.81. The van der Waals surface area contributed by atoms with E-state index in [0.717, 1.165) is 18.1 Å². The Kier molecular flexibility index (Phi) is 4.47. The Morgan fingerprint density at radius 2 is 1.89 bits per heavy atom. The SMILES string of the molecule is CC(C)[C@@H]1CC[C@@H](C)C[C@H]1Oc1ccc(C#N)cc1. The maximum Gasteiger partial charge on any atom is 0.119 e. The lowest BCUT2D eigenvalue weighted by Crippen LogP contribution is -2.36. The molecule has 0 radical (unpaired) electrons. The summed E-state index contributed by atoms with van der Waals surface area (Å²) in [5.41, 5.74) is 0.685. The zero-order valence-corrected chi connectivity index (χ0v) is 12.1. The number of nitriles is 1. The van der Waals surface area contributed by atoms with Crippen LogP contribution in [0.25, 0.3) is 0 Å². The van der Waals surface area contributed by atoms with Crippen LogP contribution >= 0.6 is 0 Å². The summed E-state index contributed by atoms with van der Waals surface area (Å²) in [6.45, 7) is 6.89. The molecular weight excluding hydrogens is 234 g/mol. The van der Waals surface area contributed by atoms with Crippen LogP contribution in [0, 0.1) is 29.1 Å². The van der Waals surface area contributed by atoms with Crippen molar-refractivity contribution in [3.8, 4) is 11.8 Å². The van der Waals surface area contributed by atoms with Gasteiger partial charge in [-0.1, -0.05) is 27.2 Å². The van der Waals surface area contributed by atoms with Gasteiger partial charge in [-0.05, 0) is 54.9 Å². The molecule has 1 aromatic rings. The van der Waals surface area contributed by atoms with E-state index < -0.39 is 0 Å². The largest absolute Gasteiger partial charge is 0.490 e. The van der Waals surface area contributed by atoms with Crippen molar-refractivity contribution in [3.63, 3.8) is 0 Å². The van der Waals surface area contributed by atoms with Crippen LogP contribution in [0.1, 0.15) is 45.6 Å². The smallest absolute Gasteiger partial charge is 0.119 e. The summed E-state index contributed by atoms with van der Waals surface area (Å²) >= 11 is 0. The fourth-order valence-corrected chi connectivity index (χ4v) is 3.03. The Morgan fingerprint density at radius 1 is 1.21 bits per heavy atom. The molecule has 0 aliphatic heterocycles. The number of hydrogen-bond acceptors (Lipinski definition) is 2. The molecule has 0 aromatic heterocycles. The lowest BCUT2D eigenvalue weighted by atomic mass is 9.75. The van der Waals surface area contributed by atoms with Gasteiger partial charge in [0.25, 0.3) is 0 Å². The maximum absolute atomic E-state index is 8.81. The van der Waals surface area contributed by atoms with Crippen LogP contribution < -0.4 is 4.74 Å². The summed E-state index contributed by atoms with van der Waals surface area (Å²) in [4.78, 5) is 0. The van der Waals surface area contributed by atoms with Gasteiger partial charge in [-0.25, -0.2) is 0 Å².